The highest BCUT2D eigenvalue weighted by Gasteiger charge is 2.28. The zero-order valence-electron chi connectivity index (χ0n) is 15.7. The minimum atomic E-state index is -3.00. The van der Waals surface area contributed by atoms with Gasteiger partial charge < -0.3 is 19.5 Å². The van der Waals surface area contributed by atoms with Crippen LogP contribution in [0.3, 0.4) is 0 Å². The monoisotopic (exact) mass is 400 g/mol. The third-order valence-electron chi connectivity index (χ3n) is 4.54. The lowest BCUT2D eigenvalue weighted by Crippen LogP contribution is -2.21. The summed E-state index contributed by atoms with van der Waals surface area (Å²) in [6.07, 6.45) is 3.26. The second-order valence-electron chi connectivity index (χ2n) is 6.17. The fourth-order valence-corrected chi connectivity index (χ4v) is 3.26. The zero-order chi connectivity index (χ0) is 20.4. The van der Waals surface area contributed by atoms with Crippen molar-refractivity contribution in [1.29, 1.82) is 0 Å². The van der Waals surface area contributed by atoms with Crippen LogP contribution in [0.5, 0.6) is 17.2 Å². The number of allylic oxidation sites excluding steroid dienone is 1. The molecule has 2 heterocycles. The molecule has 0 saturated heterocycles. The zero-order valence-corrected chi connectivity index (χ0v) is 15.7. The van der Waals surface area contributed by atoms with E-state index in [4.69, 9.17) is 14.2 Å². The molecule has 0 saturated carbocycles. The number of aromatic nitrogens is 3. The number of benzene rings is 2. The molecule has 9 heteroatoms. The van der Waals surface area contributed by atoms with Gasteiger partial charge in [0.25, 0.3) is 0 Å². The van der Waals surface area contributed by atoms with Crippen molar-refractivity contribution in [3.8, 4) is 17.2 Å². The van der Waals surface area contributed by atoms with E-state index in [1.165, 1.54) is 13.4 Å². The molecule has 0 radical (unpaired) electrons. The Morgan fingerprint density at radius 2 is 1.93 bits per heavy atom. The van der Waals surface area contributed by atoms with Gasteiger partial charge in [-0.2, -0.15) is 18.9 Å². The van der Waals surface area contributed by atoms with Gasteiger partial charge in [0.15, 0.2) is 11.5 Å². The molecule has 1 aliphatic rings. The van der Waals surface area contributed by atoms with E-state index < -0.39 is 12.7 Å². The number of ether oxygens (including phenoxy) is 3. The van der Waals surface area contributed by atoms with Crippen LogP contribution in [0.2, 0.25) is 0 Å². The number of nitrogens with zero attached hydrogens (tertiary/aromatic N) is 3. The van der Waals surface area contributed by atoms with E-state index in [-0.39, 0.29) is 11.5 Å². The number of halogens is 2. The minimum Gasteiger partial charge on any atom is -0.497 e. The Morgan fingerprint density at radius 1 is 1.10 bits per heavy atom. The number of para-hydroxylation sites is 1. The van der Waals surface area contributed by atoms with Crippen molar-refractivity contribution >= 4 is 11.6 Å². The van der Waals surface area contributed by atoms with Crippen LogP contribution in [0.15, 0.2) is 54.9 Å². The van der Waals surface area contributed by atoms with Crippen LogP contribution in [0, 0.1) is 0 Å². The average molecular weight is 400 g/mol. The van der Waals surface area contributed by atoms with E-state index in [0.29, 0.717) is 17.3 Å². The van der Waals surface area contributed by atoms with Gasteiger partial charge in [-0.25, -0.2) is 4.68 Å². The standard InChI is InChI=1S/C20H18F2N4O3/c1-27-13-6-3-5-12(9-13)15-10-16(26-20(25-15)23-11-24-26)14-7-4-8-17(28-2)18(14)29-19(21)22/h3-11,16,19H,1-2H3,(H,23,24,25)/t16-/m1/s1. The molecule has 1 aromatic heterocycles. The van der Waals surface area contributed by atoms with Gasteiger partial charge in [-0.15, -0.1) is 0 Å². The van der Waals surface area contributed by atoms with Crippen LogP contribution in [0.1, 0.15) is 17.2 Å². The van der Waals surface area contributed by atoms with Gasteiger partial charge in [0.1, 0.15) is 18.1 Å². The Kier molecular flexibility index (Phi) is 5.03. The lowest BCUT2D eigenvalue weighted by Gasteiger charge is -2.26. The summed E-state index contributed by atoms with van der Waals surface area (Å²) in [5, 5.41) is 7.45. The topological polar surface area (TPSA) is 70.4 Å². The number of hydrogen-bond donors (Lipinski definition) is 1. The first-order chi connectivity index (χ1) is 14.1. The molecular weight excluding hydrogens is 382 g/mol. The number of rotatable bonds is 6. The van der Waals surface area contributed by atoms with Gasteiger partial charge >= 0.3 is 6.61 Å². The number of alkyl halides is 2. The Hall–Kier alpha value is -3.62. The first-order valence-corrected chi connectivity index (χ1v) is 8.75. The van der Waals surface area contributed by atoms with Crippen molar-refractivity contribution in [2.24, 2.45) is 0 Å². The summed E-state index contributed by atoms with van der Waals surface area (Å²) in [7, 11) is 2.99. The van der Waals surface area contributed by atoms with Gasteiger partial charge in [0.2, 0.25) is 5.95 Å². The van der Waals surface area contributed by atoms with E-state index in [1.54, 1.807) is 30.0 Å². The summed E-state index contributed by atoms with van der Waals surface area (Å²) in [5.74, 6) is 1.33. The Balaban J connectivity index is 1.85. The maximum atomic E-state index is 13.1. The van der Waals surface area contributed by atoms with Crippen LogP contribution < -0.4 is 19.5 Å². The molecule has 1 aliphatic heterocycles. The van der Waals surface area contributed by atoms with E-state index in [2.05, 4.69) is 15.4 Å². The summed E-state index contributed by atoms with van der Waals surface area (Å²) in [5.41, 5.74) is 2.06. The van der Waals surface area contributed by atoms with Crippen LogP contribution in [-0.4, -0.2) is 35.6 Å². The predicted molar refractivity (Wildman–Crippen MR) is 102 cm³/mol. The van der Waals surface area contributed by atoms with Crippen molar-refractivity contribution in [3.05, 3.63) is 66.0 Å². The van der Waals surface area contributed by atoms with Crippen LogP contribution in [0.4, 0.5) is 14.7 Å². The Bertz CT molecular complexity index is 1050. The molecule has 0 fully saturated rings. The van der Waals surface area contributed by atoms with E-state index in [9.17, 15) is 8.78 Å². The molecule has 4 rings (SSSR count). The van der Waals surface area contributed by atoms with Crippen molar-refractivity contribution in [2.45, 2.75) is 12.7 Å². The summed E-state index contributed by atoms with van der Waals surface area (Å²) in [6.45, 7) is -3.00. The molecule has 0 amide bonds. The number of methoxy groups -OCH3 is 2. The number of hydrogen-bond acceptors (Lipinski definition) is 6. The van der Waals surface area contributed by atoms with Gasteiger partial charge in [0.05, 0.1) is 14.2 Å². The fourth-order valence-electron chi connectivity index (χ4n) is 3.26. The van der Waals surface area contributed by atoms with E-state index in [1.807, 2.05) is 30.3 Å². The first-order valence-electron chi connectivity index (χ1n) is 8.75. The molecular formula is C20H18F2N4O3. The Labute approximate surface area is 165 Å². The van der Waals surface area contributed by atoms with Crippen molar-refractivity contribution in [2.75, 3.05) is 19.5 Å². The molecule has 3 aromatic rings. The SMILES string of the molecule is COc1cccc(C2=C[C@H](c3cccc(OC)c3OC(F)F)n3ncnc3N2)c1. The summed E-state index contributed by atoms with van der Waals surface area (Å²) >= 11 is 0. The average Bonchev–Trinajstić information content (AvgIpc) is 3.21. The molecule has 0 spiro atoms. The van der Waals surface area contributed by atoms with Crippen molar-refractivity contribution in [3.63, 3.8) is 0 Å². The molecule has 0 bridgehead atoms. The Morgan fingerprint density at radius 3 is 2.69 bits per heavy atom. The minimum absolute atomic E-state index is 0.0420. The molecule has 29 heavy (non-hydrogen) atoms. The summed E-state index contributed by atoms with van der Waals surface area (Å²) < 4.78 is 43.1. The van der Waals surface area contributed by atoms with Gasteiger partial charge in [-0.1, -0.05) is 24.3 Å². The molecule has 0 aliphatic carbocycles. The molecule has 2 aromatic carbocycles. The quantitative estimate of drug-likeness (QED) is 0.676. The van der Waals surface area contributed by atoms with Gasteiger partial charge in [0, 0.05) is 16.8 Å². The number of anilines is 1. The largest absolute Gasteiger partial charge is 0.497 e. The third kappa shape index (κ3) is 3.58. The maximum Gasteiger partial charge on any atom is 0.387 e. The lowest BCUT2D eigenvalue weighted by atomic mass is 10.0. The lowest BCUT2D eigenvalue weighted by molar-refractivity contribution is -0.0520. The number of fused-ring (bicyclic) bond motifs is 1. The van der Waals surface area contributed by atoms with Crippen LogP contribution >= 0.6 is 0 Å². The van der Waals surface area contributed by atoms with Crippen molar-refractivity contribution < 1.29 is 23.0 Å². The molecule has 0 unspecified atom stereocenters. The van der Waals surface area contributed by atoms with Gasteiger partial charge in [-0.3, -0.25) is 0 Å². The summed E-state index contributed by atoms with van der Waals surface area (Å²) in [4.78, 5) is 4.23. The maximum absolute atomic E-state index is 13.1. The molecule has 1 atom stereocenters. The van der Waals surface area contributed by atoms with Crippen LogP contribution in [-0.2, 0) is 0 Å². The molecule has 1 N–H and O–H groups in total. The van der Waals surface area contributed by atoms with E-state index in [0.717, 1.165) is 11.3 Å². The second-order valence-corrected chi connectivity index (χ2v) is 6.17. The fraction of sp³-hybridized carbons (Fsp3) is 0.200. The first kappa shape index (κ1) is 18.7. The highest BCUT2D eigenvalue weighted by Crippen LogP contribution is 2.41. The van der Waals surface area contributed by atoms with E-state index >= 15 is 0 Å². The highest BCUT2D eigenvalue weighted by molar-refractivity contribution is 5.78. The summed E-state index contributed by atoms with van der Waals surface area (Å²) in [6, 6.07) is 11.9. The smallest absolute Gasteiger partial charge is 0.387 e. The van der Waals surface area contributed by atoms with Gasteiger partial charge in [-0.05, 0) is 24.3 Å². The van der Waals surface area contributed by atoms with Crippen LogP contribution in [0.25, 0.3) is 5.70 Å². The normalized spacial score (nSPS) is 15.3. The highest BCUT2D eigenvalue weighted by atomic mass is 19.3. The number of nitrogens with one attached hydrogen (secondary N) is 1. The third-order valence-corrected chi connectivity index (χ3v) is 4.54. The molecule has 150 valence electrons. The van der Waals surface area contributed by atoms with Crippen molar-refractivity contribution in [1.82, 2.24) is 14.8 Å². The second kappa shape index (κ2) is 7.78. The molecule has 7 nitrogen and oxygen atoms in total. The predicted octanol–water partition coefficient (Wildman–Crippen LogP) is 3.95.